The first kappa shape index (κ1) is 38.3. The van der Waals surface area contributed by atoms with Crippen LogP contribution in [0, 0.1) is 0 Å². The number of rotatable bonds is 13. The third-order valence-corrected chi connectivity index (χ3v) is 8.34. The number of hydrogen-bond donors (Lipinski definition) is 0. The minimum absolute atomic E-state index is 0.330. The molecule has 1 aliphatic heterocycles. The van der Waals surface area contributed by atoms with Crippen LogP contribution >= 0.6 is 0 Å². The van der Waals surface area contributed by atoms with E-state index in [1.54, 1.807) is 27.4 Å². The highest BCUT2D eigenvalue weighted by atomic mass is 16.5. The fraction of sp³-hybridized carbons (Fsp3) is 0.217. The number of hydrogen-bond acceptors (Lipinski definition) is 5. The van der Waals surface area contributed by atoms with Gasteiger partial charge in [0.1, 0.15) is 35.2 Å². The van der Waals surface area contributed by atoms with Crippen LogP contribution in [-0.2, 0) is 23.6 Å². The van der Waals surface area contributed by atoms with E-state index in [1.165, 1.54) is 5.57 Å². The van der Waals surface area contributed by atoms with Gasteiger partial charge in [-0.2, -0.15) is 0 Å². The zero-order chi connectivity index (χ0) is 36.8. The molecule has 0 atom stereocenters. The van der Waals surface area contributed by atoms with E-state index in [0.717, 1.165) is 67.5 Å². The van der Waals surface area contributed by atoms with Crippen molar-refractivity contribution in [1.82, 2.24) is 0 Å². The predicted molar refractivity (Wildman–Crippen MR) is 211 cm³/mol. The van der Waals surface area contributed by atoms with Gasteiger partial charge in [0.25, 0.3) is 0 Å². The second-order valence-electron chi connectivity index (χ2n) is 12.4. The van der Waals surface area contributed by atoms with Crippen LogP contribution < -0.4 is 18.9 Å². The van der Waals surface area contributed by atoms with Crippen LogP contribution in [0.15, 0.2) is 157 Å². The predicted octanol–water partition coefficient (Wildman–Crippen LogP) is 11.5. The first-order valence-electron chi connectivity index (χ1n) is 17.0. The van der Waals surface area contributed by atoms with E-state index in [2.05, 4.69) is 63.4 Å². The number of ether oxygens (including phenoxy) is 5. The Morgan fingerprint density at radius 3 is 1.86 bits per heavy atom. The van der Waals surface area contributed by atoms with Gasteiger partial charge in [0, 0.05) is 11.1 Å². The molecule has 0 aromatic heterocycles. The van der Waals surface area contributed by atoms with Gasteiger partial charge in [0.05, 0.1) is 27.9 Å². The summed E-state index contributed by atoms with van der Waals surface area (Å²) in [7, 11) is 5.01. The third kappa shape index (κ3) is 9.59. The van der Waals surface area contributed by atoms with Crippen LogP contribution in [0.2, 0.25) is 0 Å². The van der Waals surface area contributed by atoms with Crippen molar-refractivity contribution in [2.24, 2.45) is 0 Å². The highest BCUT2D eigenvalue weighted by Gasteiger charge is 2.39. The molecule has 4 aromatic rings. The van der Waals surface area contributed by atoms with Crippen molar-refractivity contribution < 1.29 is 23.7 Å². The molecule has 0 fully saturated rings. The zero-order valence-corrected chi connectivity index (χ0v) is 31.0. The molecular weight excluding hydrogens is 633 g/mol. The normalized spacial score (nSPS) is 12.2. The van der Waals surface area contributed by atoms with Crippen LogP contribution in [0.25, 0.3) is 11.1 Å². The van der Waals surface area contributed by atoms with Crippen LogP contribution in [0.1, 0.15) is 49.9 Å². The minimum atomic E-state index is -0.959. The molecule has 1 aliphatic rings. The highest BCUT2D eigenvalue weighted by molar-refractivity contribution is 5.76. The van der Waals surface area contributed by atoms with Crippen LogP contribution in [0.3, 0.4) is 0 Å². The second kappa shape index (κ2) is 18.5. The maximum absolute atomic E-state index is 7.07. The number of methoxy groups -OCH3 is 3. The third-order valence-electron chi connectivity index (χ3n) is 8.34. The molecule has 264 valence electrons. The summed E-state index contributed by atoms with van der Waals surface area (Å²) in [4.78, 5) is 0. The summed E-state index contributed by atoms with van der Waals surface area (Å²) in [5, 5.41) is 0. The van der Waals surface area contributed by atoms with Crippen molar-refractivity contribution in [2.75, 3.05) is 21.3 Å². The summed E-state index contributed by atoms with van der Waals surface area (Å²) in [5.74, 6) is 3.20. The van der Waals surface area contributed by atoms with Crippen molar-refractivity contribution in [2.45, 2.75) is 46.5 Å². The van der Waals surface area contributed by atoms with Gasteiger partial charge in [-0.25, -0.2) is 0 Å². The first-order valence-corrected chi connectivity index (χ1v) is 17.0. The van der Waals surface area contributed by atoms with Gasteiger partial charge < -0.3 is 23.7 Å². The number of fused-ring (bicyclic) bond motifs is 3. The van der Waals surface area contributed by atoms with E-state index in [-0.39, 0.29) is 0 Å². The average molecular weight is 683 g/mol. The summed E-state index contributed by atoms with van der Waals surface area (Å²) in [6.45, 7) is 16.7. The van der Waals surface area contributed by atoms with E-state index in [1.807, 2.05) is 98.8 Å². The molecule has 0 aliphatic carbocycles. The number of allylic oxidation sites excluding steroid dienone is 8. The lowest BCUT2D eigenvalue weighted by Crippen LogP contribution is -2.33. The lowest BCUT2D eigenvalue weighted by atomic mass is 9.79. The summed E-state index contributed by atoms with van der Waals surface area (Å²) in [6, 6.07) is 28.4. The van der Waals surface area contributed by atoms with E-state index in [4.69, 9.17) is 23.7 Å². The Hall–Kier alpha value is -5.52. The topological polar surface area (TPSA) is 46.2 Å². The first-order chi connectivity index (χ1) is 24.7. The molecule has 4 aromatic carbocycles. The molecule has 5 rings (SSSR count). The Morgan fingerprint density at radius 1 is 0.745 bits per heavy atom. The molecular formula is C46H50O5. The van der Waals surface area contributed by atoms with Gasteiger partial charge in [-0.3, -0.25) is 0 Å². The quantitative estimate of drug-likeness (QED) is 0.131. The SMILES string of the molecule is C=C(C)/C=C\C=C(C)C.C=C/C=C(\C=C/C)C(OCc1ccc2c(c1)OCc1cc(OC)ccc1-2)(c1ccc(OC)cc1)c1ccc(OC)cc1. The molecule has 5 heteroatoms. The maximum Gasteiger partial charge on any atom is 0.144 e. The standard InChI is InChI=1S/C37H36O5.C9H14/c1-6-8-28(9-7-2)37(29-11-15-31(38-3)16-12-29,30-13-17-32(39-4)18-14-30)42-24-26-10-20-35-34-21-19-33(40-5)23-27(34)25-41-36(35)22-26;1-8(2)6-5-7-9(3)4/h6-23H,1,24-25H2,2-5H3;5-7H,1H2,2-4H3/b9-7-,28-8+;6-5-. The molecule has 0 bridgehead atoms. The van der Waals surface area contributed by atoms with Gasteiger partial charge >= 0.3 is 0 Å². The molecule has 0 amide bonds. The molecule has 1 heterocycles. The Balaban J connectivity index is 0.000000573. The fourth-order valence-corrected chi connectivity index (χ4v) is 5.83. The molecule has 0 saturated heterocycles. The summed E-state index contributed by atoms with van der Waals surface area (Å²) >= 11 is 0. The van der Waals surface area contributed by atoms with Gasteiger partial charge in [-0.1, -0.05) is 109 Å². The lowest BCUT2D eigenvalue weighted by molar-refractivity contribution is -0.000427. The highest BCUT2D eigenvalue weighted by Crippen LogP contribution is 2.44. The summed E-state index contributed by atoms with van der Waals surface area (Å²) in [5.41, 5.74) is 8.60. The molecule has 5 nitrogen and oxygen atoms in total. The largest absolute Gasteiger partial charge is 0.497 e. The monoisotopic (exact) mass is 682 g/mol. The van der Waals surface area contributed by atoms with E-state index in [9.17, 15) is 0 Å². The second-order valence-corrected chi connectivity index (χ2v) is 12.4. The zero-order valence-electron chi connectivity index (χ0n) is 31.0. The Morgan fingerprint density at radius 2 is 1.33 bits per heavy atom. The van der Waals surface area contributed by atoms with Crippen LogP contribution in [0.5, 0.6) is 23.0 Å². The maximum atomic E-state index is 7.07. The molecule has 0 N–H and O–H groups in total. The van der Waals surface area contributed by atoms with E-state index >= 15 is 0 Å². The molecule has 0 spiro atoms. The van der Waals surface area contributed by atoms with Gasteiger partial charge in [0.15, 0.2) is 0 Å². The van der Waals surface area contributed by atoms with Crippen molar-refractivity contribution in [3.63, 3.8) is 0 Å². The Kier molecular flexibility index (Phi) is 13.9. The van der Waals surface area contributed by atoms with Gasteiger partial charge in [-0.15, -0.1) is 0 Å². The van der Waals surface area contributed by atoms with Gasteiger partial charge in [0.2, 0.25) is 0 Å². The minimum Gasteiger partial charge on any atom is -0.497 e. The summed E-state index contributed by atoms with van der Waals surface area (Å²) in [6.07, 6.45) is 13.9. The van der Waals surface area contributed by atoms with Crippen LogP contribution in [0.4, 0.5) is 0 Å². The average Bonchev–Trinajstić information content (AvgIpc) is 3.15. The molecule has 51 heavy (non-hydrogen) atoms. The van der Waals surface area contributed by atoms with E-state index < -0.39 is 5.60 Å². The Labute approximate surface area is 304 Å². The van der Waals surface area contributed by atoms with Crippen LogP contribution in [-0.4, -0.2) is 21.3 Å². The lowest BCUT2D eigenvalue weighted by Gasteiger charge is -2.37. The van der Waals surface area contributed by atoms with Crippen molar-refractivity contribution >= 4 is 0 Å². The van der Waals surface area contributed by atoms with Crippen molar-refractivity contribution in [3.05, 3.63) is 180 Å². The van der Waals surface area contributed by atoms with Crippen molar-refractivity contribution in [1.29, 1.82) is 0 Å². The molecule has 0 saturated carbocycles. The fourth-order valence-electron chi connectivity index (χ4n) is 5.83. The molecule has 0 radical (unpaired) electrons. The summed E-state index contributed by atoms with van der Waals surface area (Å²) < 4.78 is 29.6. The smallest absolute Gasteiger partial charge is 0.144 e. The Bertz CT molecular complexity index is 1850. The van der Waals surface area contributed by atoms with Gasteiger partial charge in [-0.05, 0) is 98.0 Å². The molecule has 0 unspecified atom stereocenters. The number of benzene rings is 4. The van der Waals surface area contributed by atoms with E-state index in [0.29, 0.717) is 13.2 Å². The van der Waals surface area contributed by atoms with Crippen molar-refractivity contribution in [3.8, 4) is 34.1 Å².